The zero-order valence-corrected chi connectivity index (χ0v) is 15.0. The quantitative estimate of drug-likeness (QED) is 0.857. The Balaban J connectivity index is 2.02. The van der Waals surface area contributed by atoms with Crippen LogP contribution in [0.1, 0.15) is 10.4 Å². The van der Waals surface area contributed by atoms with E-state index in [0.717, 1.165) is 0 Å². The molecule has 2 amide bonds. The van der Waals surface area contributed by atoms with Crippen molar-refractivity contribution in [1.82, 2.24) is 4.90 Å². The summed E-state index contributed by atoms with van der Waals surface area (Å²) in [5.74, 6) is 0.375. The molecule has 6 nitrogen and oxygen atoms in total. The molecule has 132 valence electrons. The summed E-state index contributed by atoms with van der Waals surface area (Å²) in [5, 5.41) is 3.29. The fourth-order valence-electron chi connectivity index (χ4n) is 2.21. The lowest BCUT2D eigenvalue weighted by Crippen LogP contribution is -2.34. The van der Waals surface area contributed by atoms with Gasteiger partial charge in [-0.25, -0.2) is 0 Å². The molecule has 0 aliphatic heterocycles. The smallest absolute Gasteiger partial charge is 0.254 e. The first-order valence-corrected chi connectivity index (χ1v) is 7.85. The normalized spacial score (nSPS) is 10.1. The molecule has 7 heteroatoms. The summed E-state index contributed by atoms with van der Waals surface area (Å²) in [7, 11) is 4.57. The van der Waals surface area contributed by atoms with Crippen molar-refractivity contribution in [1.29, 1.82) is 0 Å². The standard InChI is InChI=1S/C18H19ClN2O4/c1-21(11-17(22)20-14-7-5-13(19)6-8-14)18(23)12-4-9-15(24-2)16(10-12)25-3/h4-10H,11H2,1-3H3,(H,20,22). The van der Waals surface area contributed by atoms with Gasteiger partial charge in [0.1, 0.15) is 0 Å². The van der Waals surface area contributed by atoms with Gasteiger partial charge in [0.15, 0.2) is 11.5 Å². The number of nitrogens with zero attached hydrogens (tertiary/aromatic N) is 1. The van der Waals surface area contributed by atoms with Gasteiger partial charge in [0.2, 0.25) is 5.91 Å². The molecule has 0 atom stereocenters. The van der Waals surface area contributed by atoms with Gasteiger partial charge in [-0.2, -0.15) is 0 Å². The van der Waals surface area contributed by atoms with E-state index in [1.54, 1.807) is 49.5 Å². The number of nitrogens with one attached hydrogen (secondary N) is 1. The zero-order chi connectivity index (χ0) is 18.4. The van der Waals surface area contributed by atoms with Gasteiger partial charge in [0.25, 0.3) is 5.91 Å². The number of ether oxygens (including phenoxy) is 2. The van der Waals surface area contributed by atoms with Crippen LogP contribution in [0.3, 0.4) is 0 Å². The monoisotopic (exact) mass is 362 g/mol. The van der Waals surface area contributed by atoms with Gasteiger partial charge in [0.05, 0.1) is 20.8 Å². The lowest BCUT2D eigenvalue weighted by atomic mass is 10.1. The van der Waals surface area contributed by atoms with Crippen LogP contribution >= 0.6 is 11.6 Å². The van der Waals surface area contributed by atoms with Gasteiger partial charge >= 0.3 is 0 Å². The van der Waals surface area contributed by atoms with E-state index in [4.69, 9.17) is 21.1 Å². The fraction of sp³-hybridized carbons (Fsp3) is 0.222. The van der Waals surface area contributed by atoms with Crippen molar-refractivity contribution in [3.8, 4) is 11.5 Å². The van der Waals surface area contributed by atoms with Gasteiger partial charge < -0.3 is 19.7 Å². The number of amides is 2. The lowest BCUT2D eigenvalue weighted by molar-refractivity contribution is -0.116. The molecule has 25 heavy (non-hydrogen) atoms. The largest absolute Gasteiger partial charge is 0.493 e. The molecule has 0 saturated heterocycles. The first-order chi connectivity index (χ1) is 11.9. The van der Waals surface area contributed by atoms with Crippen LogP contribution in [0.2, 0.25) is 5.02 Å². The molecule has 2 rings (SSSR count). The maximum Gasteiger partial charge on any atom is 0.254 e. The van der Waals surface area contributed by atoms with Crippen molar-refractivity contribution in [2.24, 2.45) is 0 Å². The van der Waals surface area contributed by atoms with Gasteiger partial charge in [0, 0.05) is 23.3 Å². The summed E-state index contributed by atoms with van der Waals surface area (Å²) in [6.07, 6.45) is 0. The predicted molar refractivity (Wildman–Crippen MR) is 96.6 cm³/mol. The number of carbonyl (C=O) groups excluding carboxylic acids is 2. The van der Waals surface area contributed by atoms with E-state index in [-0.39, 0.29) is 18.4 Å². The second kappa shape index (κ2) is 8.39. The van der Waals surface area contributed by atoms with Crippen molar-refractivity contribution in [2.45, 2.75) is 0 Å². The van der Waals surface area contributed by atoms with Crippen LogP contribution in [0.25, 0.3) is 0 Å². The first kappa shape index (κ1) is 18.6. The highest BCUT2D eigenvalue weighted by molar-refractivity contribution is 6.30. The second-order valence-corrected chi connectivity index (χ2v) is 5.72. The van der Waals surface area contributed by atoms with E-state index in [0.29, 0.717) is 27.8 Å². The average molecular weight is 363 g/mol. The number of methoxy groups -OCH3 is 2. The third-order valence-corrected chi connectivity index (χ3v) is 3.74. The van der Waals surface area contributed by atoms with Crippen molar-refractivity contribution >= 4 is 29.1 Å². The van der Waals surface area contributed by atoms with Crippen molar-refractivity contribution < 1.29 is 19.1 Å². The minimum atomic E-state index is -0.307. The van der Waals surface area contributed by atoms with Crippen LogP contribution < -0.4 is 14.8 Å². The molecule has 0 spiro atoms. The third kappa shape index (κ3) is 4.87. The molecule has 2 aromatic carbocycles. The lowest BCUT2D eigenvalue weighted by Gasteiger charge is -2.18. The summed E-state index contributed by atoms with van der Waals surface area (Å²) in [5.41, 5.74) is 1.01. The van der Waals surface area contributed by atoms with Crippen LogP contribution in [0.15, 0.2) is 42.5 Å². The maximum atomic E-state index is 12.5. The number of likely N-dealkylation sites (N-methyl/N-ethyl adjacent to an activating group) is 1. The molecule has 0 aromatic heterocycles. The van der Waals surface area contributed by atoms with E-state index in [2.05, 4.69) is 5.32 Å². The Hall–Kier alpha value is -2.73. The van der Waals surface area contributed by atoms with Crippen LogP contribution in [0.4, 0.5) is 5.69 Å². The van der Waals surface area contributed by atoms with Gasteiger partial charge in [-0.15, -0.1) is 0 Å². The summed E-state index contributed by atoms with van der Waals surface area (Å²) >= 11 is 5.80. The topological polar surface area (TPSA) is 67.9 Å². The summed E-state index contributed by atoms with van der Waals surface area (Å²) < 4.78 is 10.3. The number of benzene rings is 2. The molecule has 0 aliphatic rings. The summed E-state index contributed by atoms with van der Waals surface area (Å²) in [6.45, 7) is -0.0875. The number of carbonyl (C=O) groups is 2. The van der Waals surface area contributed by atoms with Gasteiger partial charge in [-0.3, -0.25) is 9.59 Å². The molecular weight excluding hydrogens is 344 g/mol. The highest BCUT2D eigenvalue weighted by Gasteiger charge is 2.17. The Morgan fingerprint density at radius 1 is 1.04 bits per heavy atom. The molecular formula is C18H19ClN2O4. The van der Waals surface area contributed by atoms with Crippen LogP contribution in [0.5, 0.6) is 11.5 Å². The molecule has 0 radical (unpaired) electrons. The molecule has 0 aliphatic carbocycles. The van der Waals surface area contributed by atoms with E-state index >= 15 is 0 Å². The van der Waals surface area contributed by atoms with Gasteiger partial charge in [-0.05, 0) is 42.5 Å². The predicted octanol–water partition coefficient (Wildman–Crippen LogP) is 3.07. The molecule has 0 saturated carbocycles. The Labute approximate surface area is 151 Å². The molecule has 2 aromatic rings. The highest BCUT2D eigenvalue weighted by atomic mass is 35.5. The highest BCUT2D eigenvalue weighted by Crippen LogP contribution is 2.27. The maximum absolute atomic E-state index is 12.5. The average Bonchev–Trinajstić information content (AvgIpc) is 2.62. The van der Waals surface area contributed by atoms with Crippen LogP contribution in [0, 0.1) is 0 Å². The minimum Gasteiger partial charge on any atom is -0.493 e. The van der Waals surface area contributed by atoms with E-state index in [1.807, 2.05) is 0 Å². The Morgan fingerprint density at radius 3 is 2.28 bits per heavy atom. The third-order valence-electron chi connectivity index (χ3n) is 3.49. The molecule has 0 heterocycles. The Bertz CT molecular complexity index is 762. The zero-order valence-electron chi connectivity index (χ0n) is 14.2. The number of rotatable bonds is 6. The number of halogens is 1. The first-order valence-electron chi connectivity index (χ1n) is 7.47. The van der Waals surface area contributed by atoms with E-state index in [9.17, 15) is 9.59 Å². The minimum absolute atomic E-state index is 0.0875. The molecule has 0 bridgehead atoms. The van der Waals surface area contributed by atoms with Gasteiger partial charge in [-0.1, -0.05) is 11.6 Å². The molecule has 0 fully saturated rings. The van der Waals surface area contributed by atoms with Crippen LogP contribution in [-0.2, 0) is 4.79 Å². The summed E-state index contributed by atoms with van der Waals surface area (Å²) in [6, 6.07) is 11.6. The summed E-state index contributed by atoms with van der Waals surface area (Å²) in [4.78, 5) is 25.9. The van der Waals surface area contributed by atoms with Crippen molar-refractivity contribution in [3.63, 3.8) is 0 Å². The van der Waals surface area contributed by atoms with Crippen molar-refractivity contribution in [3.05, 3.63) is 53.1 Å². The SMILES string of the molecule is COc1ccc(C(=O)N(C)CC(=O)Nc2ccc(Cl)cc2)cc1OC. The number of hydrogen-bond donors (Lipinski definition) is 1. The number of hydrogen-bond acceptors (Lipinski definition) is 4. The Morgan fingerprint density at radius 2 is 1.68 bits per heavy atom. The second-order valence-electron chi connectivity index (χ2n) is 5.29. The fourth-order valence-corrected chi connectivity index (χ4v) is 2.34. The van der Waals surface area contributed by atoms with Crippen LogP contribution in [-0.4, -0.2) is 44.5 Å². The van der Waals surface area contributed by atoms with E-state index in [1.165, 1.54) is 19.1 Å². The molecule has 1 N–H and O–H groups in total. The molecule has 0 unspecified atom stereocenters. The van der Waals surface area contributed by atoms with Crippen molar-refractivity contribution in [2.75, 3.05) is 33.1 Å². The Kier molecular flexibility index (Phi) is 6.25. The number of anilines is 1. The van der Waals surface area contributed by atoms with E-state index < -0.39 is 0 Å².